The fourth-order valence-corrected chi connectivity index (χ4v) is 3.55. The maximum absolute atomic E-state index is 5.93. The van der Waals surface area contributed by atoms with Crippen molar-refractivity contribution < 1.29 is 4.74 Å². The molecule has 0 spiro atoms. The summed E-state index contributed by atoms with van der Waals surface area (Å²) < 4.78 is 5.93. The summed E-state index contributed by atoms with van der Waals surface area (Å²) in [7, 11) is 0. The van der Waals surface area contributed by atoms with Gasteiger partial charge in [-0.25, -0.2) is 0 Å². The first kappa shape index (κ1) is 13.9. The monoisotopic (exact) mass is 274 g/mol. The first-order valence-corrected chi connectivity index (χ1v) is 7.99. The molecule has 1 N–H and O–H groups in total. The van der Waals surface area contributed by atoms with Gasteiger partial charge < -0.3 is 10.1 Å². The van der Waals surface area contributed by atoms with Crippen LogP contribution in [0.15, 0.2) is 24.3 Å². The van der Waals surface area contributed by atoms with Gasteiger partial charge in [0.25, 0.3) is 0 Å². The van der Waals surface area contributed by atoms with Gasteiger partial charge in [-0.15, -0.1) is 0 Å². The summed E-state index contributed by atoms with van der Waals surface area (Å²) in [5.41, 5.74) is 2.55. The number of anilines is 1. The highest BCUT2D eigenvalue weighted by atomic mass is 16.5. The van der Waals surface area contributed by atoms with Gasteiger partial charge in [0.2, 0.25) is 0 Å². The molecule has 1 saturated heterocycles. The van der Waals surface area contributed by atoms with Crippen LogP contribution in [0.1, 0.15) is 31.2 Å². The predicted molar refractivity (Wildman–Crippen MR) is 83.2 cm³/mol. The molecule has 3 rings (SSSR count). The van der Waals surface area contributed by atoms with E-state index < -0.39 is 0 Å². The van der Waals surface area contributed by atoms with E-state index in [-0.39, 0.29) is 0 Å². The molecular formula is C17H26N2O. The Kier molecular flexibility index (Phi) is 4.58. The van der Waals surface area contributed by atoms with Crippen LogP contribution in [-0.4, -0.2) is 43.3 Å². The van der Waals surface area contributed by atoms with Gasteiger partial charge in [0.15, 0.2) is 0 Å². The summed E-state index contributed by atoms with van der Waals surface area (Å²) in [5, 5.41) is 3.55. The van der Waals surface area contributed by atoms with Gasteiger partial charge in [0.1, 0.15) is 0 Å². The molecule has 1 aromatic carbocycles. The molecule has 3 nitrogen and oxygen atoms in total. The van der Waals surface area contributed by atoms with Crippen LogP contribution in [0.2, 0.25) is 0 Å². The van der Waals surface area contributed by atoms with E-state index in [0.717, 1.165) is 26.2 Å². The highest BCUT2D eigenvalue weighted by molar-refractivity contribution is 5.45. The number of hydrogen-bond donors (Lipinski definition) is 1. The average Bonchev–Trinajstić information content (AvgIpc) is 2.48. The van der Waals surface area contributed by atoms with E-state index in [9.17, 15) is 0 Å². The third kappa shape index (κ3) is 3.33. The summed E-state index contributed by atoms with van der Waals surface area (Å²) in [6, 6.07) is 9.28. The number of rotatable bonds is 4. The highest BCUT2D eigenvalue weighted by Gasteiger charge is 2.33. The number of morpholine rings is 1. The Morgan fingerprint density at radius 1 is 1.30 bits per heavy atom. The van der Waals surface area contributed by atoms with E-state index in [4.69, 9.17) is 4.74 Å². The van der Waals surface area contributed by atoms with Gasteiger partial charge >= 0.3 is 0 Å². The lowest BCUT2D eigenvalue weighted by atomic mass is 9.90. The lowest BCUT2D eigenvalue weighted by molar-refractivity contribution is -0.0865. The number of aryl methyl sites for hydroxylation is 1. The summed E-state index contributed by atoms with van der Waals surface area (Å²) in [4.78, 5) is 2.64. The number of nitrogens with one attached hydrogen (secondary N) is 1. The molecule has 110 valence electrons. The minimum Gasteiger partial charge on any atom is -0.384 e. The van der Waals surface area contributed by atoms with E-state index in [2.05, 4.69) is 41.4 Å². The van der Waals surface area contributed by atoms with Crippen molar-refractivity contribution in [1.29, 1.82) is 0 Å². The van der Waals surface area contributed by atoms with Crippen molar-refractivity contribution in [3.63, 3.8) is 0 Å². The van der Waals surface area contributed by atoms with Crippen LogP contribution in [0, 0.1) is 6.92 Å². The Labute approximate surface area is 122 Å². The number of nitrogens with zero attached hydrogens (tertiary/aromatic N) is 1. The van der Waals surface area contributed by atoms with Crippen molar-refractivity contribution in [2.24, 2.45) is 0 Å². The molecule has 2 unspecified atom stereocenters. The van der Waals surface area contributed by atoms with Crippen LogP contribution < -0.4 is 5.32 Å². The van der Waals surface area contributed by atoms with E-state index in [1.807, 2.05) is 0 Å². The van der Waals surface area contributed by atoms with Crippen LogP contribution in [0.3, 0.4) is 0 Å². The molecule has 1 aliphatic carbocycles. The maximum Gasteiger partial charge on any atom is 0.0730 e. The van der Waals surface area contributed by atoms with E-state index in [1.54, 1.807) is 0 Å². The Balaban J connectivity index is 1.50. The summed E-state index contributed by atoms with van der Waals surface area (Å²) in [5.74, 6) is 0. The molecule has 20 heavy (non-hydrogen) atoms. The molecule has 1 aromatic rings. The normalized spacial score (nSPS) is 27.1. The van der Waals surface area contributed by atoms with Crippen molar-refractivity contribution in [2.75, 3.05) is 31.6 Å². The van der Waals surface area contributed by atoms with Crippen molar-refractivity contribution >= 4 is 5.69 Å². The van der Waals surface area contributed by atoms with Crippen LogP contribution >= 0.6 is 0 Å². The number of fused-ring (bicyclic) bond motifs is 1. The van der Waals surface area contributed by atoms with E-state index >= 15 is 0 Å². The topological polar surface area (TPSA) is 24.5 Å². The third-order valence-corrected chi connectivity index (χ3v) is 4.59. The highest BCUT2D eigenvalue weighted by Crippen LogP contribution is 2.28. The van der Waals surface area contributed by atoms with Gasteiger partial charge in [-0.05, 0) is 37.5 Å². The maximum atomic E-state index is 5.93. The summed E-state index contributed by atoms with van der Waals surface area (Å²) in [6.07, 6.45) is 5.78. The fraction of sp³-hybridized carbons (Fsp3) is 0.647. The van der Waals surface area contributed by atoms with Crippen LogP contribution in [-0.2, 0) is 4.74 Å². The first-order chi connectivity index (χ1) is 9.83. The van der Waals surface area contributed by atoms with Gasteiger partial charge in [0, 0.05) is 31.4 Å². The lowest BCUT2D eigenvalue weighted by Gasteiger charge is -2.43. The lowest BCUT2D eigenvalue weighted by Crippen LogP contribution is -2.53. The quantitative estimate of drug-likeness (QED) is 0.913. The largest absolute Gasteiger partial charge is 0.384 e. The Hall–Kier alpha value is -1.06. The predicted octanol–water partition coefficient (Wildman–Crippen LogP) is 3.05. The fourth-order valence-electron chi connectivity index (χ4n) is 3.55. The van der Waals surface area contributed by atoms with E-state index in [1.165, 1.54) is 36.9 Å². The second-order valence-corrected chi connectivity index (χ2v) is 6.09. The molecule has 0 aromatic heterocycles. The molecule has 2 aliphatic rings. The van der Waals surface area contributed by atoms with Crippen molar-refractivity contribution in [2.45, 2.75) is 44.8 Å². The second-order valence-electron chi connectivity index (χ2n) is 6.09. The third-order valence-electron chi connectivity index (χ3n) is 4.59. The van der Waals surface area contributed by atoms with Gasteiger partial charge in [-0.2, -0.15) is 0 Å². The SMILES string of the molecule is Cc1cccc(NCCN2CCOC3CCCCC32)c1. The smallest absolute Gasteiger partial charge is 0.0730 e. The van der Waals surface area contributed by atoms with Gasteiger partial charge in [-0.1, -0.05) is 25.0 Å². The first-order valence-electron chi connectivity index (χ1n) is 7.99. The number of benzene rings is 1. The van der Waals surface area contributed by atoms with Gasteiger partial charge in [0.05, 0.1) is 12.7 Å². The minimum atomic E-state index is 0.497. The summed E-state index contributed by atoms with van der Waals surface area (Å²) >= 11 is 0. The summed E-state index contributed by atoms with van der Waals surface area (Å²) in [6.45, 7) is 6.28. The standard InChI is InChI=1S/C17H26N2O/c1-14-5-4-6-15(13-14)18-9-10-19-11-12-20-17-8-3-2-7-16(17)19/h4-6,13,16-18H,2-3,7-12H2,1H3. The molecule has 0 bridgehead atoms. The molecule has 3 heteroatoms. The van der Waals surface area contributed by atoms with Crippen LogP contribution in [0.5, 0.6) is 0 Å². The molecule has 1 aliphatic heterocycles. The molecular weight excluding hydrogens is 248 g/mol. The molecule has 2 fully saturated rings. The molecule has 0 radical (unpaired) electrons. The van der Waals surface area contributed by atoms with Gasteiger partial charge in [-0.3, -0.25) is 4.90 Å². The zero-order valence-electron chi connectivity index (χ0n) is 12.5. The Morgan fingerprint density at radius 3 is 3.10 bits per heavy atom. The molecule has 1 saturated carbocycles. The molecule has 2 atom stereocenters. The number of ether oxygens (including phenoxy) is 1. The Bertz CT molecular complexity index is 433. The van der Waals surface area contributed by atoms with Crippen LogP contribution in [0.4, 0.5) is 5.69 Å². The minimum absolute atomic E-state index is 0.497. The second kappa shape index (κ2) is 6.59. The van der Waals surface area contributed by atoms with Crippen LogP contribution in [0.25, 0.3) is 0 Å². The van der Waals surface area contributed by atoms with Crippen molar-refractivity contribution in [3.8, 4) is 0 Å². The zero-order chi connectivity index (χ0) is 13.8. The van der Waals surface area contributed by atoms with Crippen molar-refractivity contribution in [3.05, 3.63) is 29.8 Å². The zero-order valence-corrected chi connectivity index (χ0v) is 12.5. The molecule has 1 heterocycles. The number of hydrogen-bond acceptors (Lipinski definition) is 3. The molecule has 0 amide bonds. The Morgan fingerprint density at radius 2 is 2.20 bits per heavy atom. The van der Waals surface area contributed by atoms with E-state index in [0.29, 0.717) is 12.1 Å². The van der Waals surface area contributed by atoms with Crippen molar-refractivity contribution in [1.82, 2.24) is 4.90 Å². The average molecular weight is 274 g/mol.